The first-order valence-corrected chi connectivity index (χ1v) is 12.6. The number of thiazole rings is 1. The zero-order valence-corrected chi connectivity index (χ0v) is 21.1. The molecule has 0 bridgehead atoms. The first-order chi connectivity index (χ1) is 17.5. The van der Waals surface area contributed by atoms with Crippen molar-refractivity contribution in [3.8, 4) is 39.1 Å². The van der Waals surface area contributed by atoms with E-state index in [1.165, 1.54) is 11.3 Å². The van der Waals surface area contributed by atoms with Gasteiger partial charge in [0.05, 0.1) is 32.1 Å². The Labute approximate surface area is 212 Å². The number of rotatable bonds is 7. The van der Waals surface area contributed by atoms with Gasteiger partial charge in [0.25, 0.3) is 5.56 Å². The van der Waals surface area contributed by atoms with Gasteiger partial charge in [-0.2, -0.15) is 0 Å². The van der Waals surface area contributed by atoms with Crippen molar-refractivity contribution in [1.29, 1.82) is 0 Å². The number of carbonyl (C=O) groups excluding carboxylic acids is 1. The normalized spacial score (nSPS) is 14.9. The number of hydrogen-bond acceptors (Lipinski definition) is 7. The lowest BCUT2D eigenvalue weighted by molar-refractivity contribution is 0.0963. The highest BCUT2D eigenvalue weighted by molar-refractivity contribution is 7.13. The fraction of sp³-hybridized carbons (Fsp3) is 0.250. The Hall–Kier alpha value is -3.91. The maximum Gasteiger partial charge on any atom is 0.258 e. The number of nitrogens with zero attached hydrogens (tertiary/aromatic N) is 1. The predicted octanol–water partition coefficient (Wildman–Crippen LogP) is 5.49. The van der Waals surface area contributed by atoms with Crippen LogP contribution in [0.3, 0.4) is 0 Å². The summed E-state index contributed by atoms with van der Waals surface area (Å²) in [6.45, 7) is 2.55. The molecule has 0 aliphatic heterocycles. The van der Waals surface area contributed by atoms with E-state index in [1.807, 2.05) is 54.8 Å². The van der Waals surface area contributed by atoms with Gasteiger partial charge in [-0.3, -0.25) is 9.59 Å². The van der Waals surface area contributed by atoms with Crippen LogP contribution in [0.5, 0.6) is 17.2 Å². The second-order valence-corrected chi connectivity index (χ2v) is 9.40. The Morgan fingerprint density at radius 3 is 2.47 bits per heavy atom. The molecule has 0 saturated heterocycles. The molecule has 0 spiro atoms. The molecule has 1 aliphatic rings. The smallest absolute Gasteiger partial charge is 0.258 e. The van der Waals surface area contributed by atoms with Crippen molar-refractivity contribution in [2.75, 3.05) is 20.8 Å². The van der Waals surface area contributed by atoms with E-state index in [9.17, 15) is 9.59 Å². The molecule has 1 atom stereocenters. The zero-order valence-electron chi connectivity index (χ0n) is 20.3. The van der Waals surface area contributed by atoms with E-state index in [4.69, 9.17) is 14.2 Å². The third-order valence-electron chi connectivity index (χ3n) is 6.38. The maximum atomic E-state index is 13.1. The number of pyridine rings is 1. The first kappa shape index (κ1) is 23.8. The summed E-state index contributed by atoms with van der Waals surface area (Å²) in [5.74, 6) is 1.99. The highest BCUT2D eigenvalue weighted by Crippen LogP contribution is 2.37. The number of fused-ring (bicyclic) bond motifs is 1. The number of carbonyl (C=O) groups is 1. The van der Waals surface area contributed by atoms with Crippen molar-refractivity contribution in [3.05, 3.63) is 81.1 Å². The van der Waals surface area contributed by atoms with Gasteiger partial charge >= 0.3 is 0 Å². The Bertz CT molecular complexity index is 1470. The van der Waals surface area contributed by atoms with E-state index < -0.39 is 0 Å². The molecule has 2 aromatic heterocycles. The lowest BCUT2D eigenvalue weighted by Gasteiger charge is -2.24. The number of hydrogen-bond donors (Lipinski definition) is 1. The summed E-state index contributed by atoms with van der Waals surface area (Å²) < 4.78 is 16.2. The number of ether oxygens (including phenoxy) is 3. The standard InChI is InChI=1S/C28H26N2O5S/c1-4-35-19-8-5-16(6-9-19)23-15-36-28(30-23)21-14-20-22(29-27(21)32)11-18(12-24(20)31)17-7-10-25(33-2)26(13-17)34-3/h5-10,13-15,18H,4,11-12H2,1-3H3,(H,29,32). The summed E-state index contributed by atoms with van der Waals surface area (Å²) in [7, 11) is 3.17. The minimum atomic E-state index is -0.248. The van der Waals surface area contributed by atoms with Crippen LogP contribution in [0.2, 0.25) is 0 Å². The fourth-order valence-corrected chi connectivity index (χ4v) is 5.39. The molecule has 0 amide bonds. The predicted molar refractivity (Wildman–Crippen MR) is 140 cm³/mol. The van der Waals surface area contributed by atoms with Crippen LogP contribution in [0.1, 0.15) is 40.9 Å². The third kappa shape index (κ3) is 4.52. The van der Waals surface area contributed by atoms with E-state index in [0.717, 1.165) is 22.6 Å². The molecular weight excluding hydrogens is 476 g/mol. The number of Topliss-reactive ketones (excluding diaryl/α,β-unsaturated/α-hetero) is 1. The van der Waals surface area contributed by atoms with Crippen LogP contribution in [0.15, 0.2) is 58.7 Å². The van der Waals surface area contributed by atoms with Gasteiger partial charge in [0.2, 0.25) is 0 Å². The van der Waals surface area contributed by atoms with Crippen LogP contribution in [-0.4, -0.2) is 36.6 Å². The quantitative estimate of drug-likeness (QED) is 0.359. The van der Waals surface area contributed by atoms with E-state index in [0.29, 0.717) is 52.8 Å². The van der Waals surface area contributed by atoms with E-state index in [-0.39, 0.29) is 17.3 Å². The zero-order chi connectivity index (χ0) is 25.2. The van der Waals surface area contributed by atoms with Crippen molar-refractivity contribution in [2.45, 2.75) is 25.7 Å². The molecule has 8 heteroatoms. The van der Waals surface area contributed by atoms with Gasteiger partial charge in [-0.25, -0.2) is 4.98 Å². The Balaban J connectivity index is 1.42. The summed E-state index contributed by atoms with van der Waals surface area (Å²) in [4.78, 5) is 33.8. The molecule has 1 N–H and O–H groups in total. The van der Waals surface area contributed by atoms with E-state index in [1.54, 1.807) is 20.3 Å². The van der Waals surface area contributed by atoms with Gasteiger partial charge < -0.3 is 19.2 Å². The molecule has 1 unspecified atom stereocenters. The number of benzene rings is 2. The van der Waals surface area contributed by atoms with Crippen molar-refractivity contribution in [2.24, 2.45) is 0 Å². The van der Waals surface area contributed by atoms with Crippen LogP contribution in [-0.2, 0) is 6.42 Å². The minimum absolute atomic E-state index is 0.00294. The largest absolute Gasteiger partial charge is 0.494 e. The van der Waals surface area contributed by atoms with Crippen molar-refractivity contribution in [3.63, 3.8) is 0 Å². The SMILES string of the molecule is CCOc1ccc(-c2csc(-c3cc4c([nH]c3=O)CC(c3ccc(OC)c(OC)c3)CC4=O)n2)cc1. The molecule has 0 fully saturated rings. The van der Waals surface area contributed by atoms with Crippen LogP contribution < -0.4 is 19.8 Å². The summed E-state index contributed by atoms with van der Waals surface area (Å²) in [6, 6.07) is 15.1. The van der Waals surface area contributed by atoms with Gasteiger partial charge in [-0.15, -0.1) is 11.3 Å². The topological polar surface area (TPSA) is 90.5 Å². The highest BCUT2D eigenvalue weighted by atomic mass is 32.1. The molecule has 36 heavy (non-hydrogen) atoms. The highest BCUT2D eigenvalue weighted by Gasteiger charge is 2.29. The Morgan fingerprint density at radius 1 is 0.972 bits per heavy atom. The molecule has 1 aliphatic carbocycles. The molecule has 0 radical (unpaired) electrons. The second-order valence-electron chi connectivity index (χ2n) is 8.54. The molecular formula is C28H26N2O5S. The first-order valence-electron chi connectivity index (χ1n) is 11.7. The molecule has 0 saturated carbocycles. The number of nitrogens with one attached hydrogen (secondary N) is 1. The molecule has 5 rings (SSSR count). The van der Waals surface area contributed by atoms with Crippen molar-refractivity contribution >= 4 is 17.1 Å². The van der Waals surface area contributed by atoms with Crippen LogP contribution in [0, 0.1) is 0 Å². The average Bonchev–Trinajstić information content (AvgIpc) is 3.38. The molecule has 7 nitrogen and oxygen atoms in total. The second kappa shape index (κ2) is 9.99. The summed E-state index contributed by atoms with van der Waals surface area (Å²) >= 11 is 1.38. The number of aromatic nitrogens is 2. The molecule has 2 heterocycles. The van der Waals surface area contributed by atoms with Gasteiger partial charge in [-0.1, -0.05) is 6.07 Å². The number of ketones is 1. The third-order valence-corrected chi connectivity index (χ3v) is 7.26. The lowest BCUT2D eigenvalue weighted by Crippen LogP contribution is -2.24. The monoisotopic (exact) mass is 502 g/mol. The maximum absolute atomic E-state index is 13.1. The fourth-order valence-electron chi connectivity index (χ4n) is 4.55. The number of aromatic amines is 1. The summed E-state index contributed by atoms with van der Waals surface area (Å²) in [5, 5.41) is 2.50. The van der Waals surface area contributed by atoms with Crippen LogP contribution >= 0.6 is 11.3 Å². The summed E-state index contributed by atoms with van der Waals surface area (Å²) in [6.07, 6.45) is 0.907. The lowest BCUT2D eigenvalue weighted by atomic mass is 9.81. The van der Waals surface area contributed by atoms with Gasteiger partial charge in [0, 0.05) is 28.6 Å². The Morgan fingerprint density at radius 2 is 1.75 bits per heavy atom. The van der Waals surface area contributed by atoms with E-state index >= 15 is 0 Å². The average molecular weight is 503 g/mol. The minimum Gasteiger partial charge on any atom is -0.494 e. The van der Waals surface area contributed by atoms with Gasteiger partial charge in [0.15, 0.2) is 17.3 Å². The van der Waals surface area contributed by atoms with Gasteiger partial charge in [0.1, 0.15) is 10.8 Å². The van der Waals surface area contributed by atoms with Crippen molar-refractivity contribution in [1.82, 2.24) is 9.97 Å². The van der Waals surface area contributed by atoms with Gasteiger partial charge in [-0.05, 0) is 67.3 Å². The molecule has 184 valence electrons. The number of methoxy groups -OCH3 is 2. The number of H-pyrrole nitrogens is 1. The van der Waals surface area contributed by atoms with E-state index in [2.05, 4.69) is 9.97 Å². The Kier molecular flexibility index (Phi) is 6.61. The van der Waals surface area contributed by atoms with Crippen LogP contribution in [0.25, 0.3) is 21.8 Å². The van der Waals surface area contributed by atoms with Crippen LogP contribution in [0.4, 0.5) is 0 Å². The summed E-state index contributed by atoms with van der Waals surface area (Å²) in [5.41, 5.74) is 4.05. The van der Waals surface area contributed by atoms with Crippen molar-refractivity contribution < 1.29 is 19.0 Å². The molecule has 4 aromatic rings. The molecule has 2 aromatic carbocycles.